The minimum Gasteiger partial charge on any atom is -0.342 e. The second-order valence-electron chi connectivity index (χ2n) is 5.67. The lowest BCUT2D eigenvalue weighted by Crippen LogP contribution is -2.31. The standard InChI is InChI=1S/C15H19FN2O.ClH/c16-12-3-1-11(2-4-12)13-7-14(13)15(19)18-6-5-10(8-17)9-18;/h1-4,10,13-14H,5-9,17H2;1H. The van der Waals surface area contributed by atoms with Crippen LogP contribution in [0, 0.1) is 17.7 Å². The Bertz CT molecular complexity index is 479. The molecule has 0 spiro atoms. The smallest absolute Gasteiger partial charge is 0.226 e. The maximum Gasteiger partial charge on any atom is 0.226 e. The van der Waals surface area contributed by atoms with Crippen molar-refractivity contribution in [1.29, 1.82) is 0 Å². The van der Waals surface area contributed by atoms with E-state index in [9.17, 15) is 9.18 Å². The van der Waals surface area contributed by atoms with Crippen molar-refractivity contribution in [2.45, 2.75) is 18.8 Å². The molecular weight excluding hydrogens is 279 g/mol. The van der Waals surface area contributed by atoms with Gasteiger partial charge < -0.3 is 10.6 Å². The molecule has 1 heterocycles. The summed E-state index contributed by atoms with van der Waals surface area (Å²) in [5.74, 6) is 0.877. The van der Waals surface area contributed by atoms with Gasteiger partial charge in [0.25, 0.3) is 0 Å². The molecule has 5 heteroatoms. The third-order valence-corrected chi connectivity index (χ3v) is 4.34. The number of rotatable bonds is 3. The van der Waals surface area contributed by atoms with Gasteiger partial charge in [0, 0.05) is 19.0 Å². The molecule has 2 N–H and O–H groups in total. The molecule has 1 saturated heterocycles. The zero-order valence-electron chi connectivity index (χ0n) is 11.3. The predicted molar refractivity (Wildman–Crippen MR) is 78.2 cm³/mol. The third-order valence-electron chi connectivity index (χ3n) is 4.34. The summed E-state index contributed by atoms with van der Waals surface area (Å²) < 4.78 is 12.9. The number of benzene rings is 1. The summed E-state index contributed by atoms with van der Waals surface area (Å²) in [6, 6.07) is 6.52. The molecule has 1 amide bonds. The maximum absolute atomic E-state index is 12.9. The van der Waals surface area contributed by atoms with Crippen LogP contribution >= 0.6 is 12.4 Å². The van der Waals surface area contributed by atoms with Crippen molar-refractivity contribution >= 4 is 18.3 Å². The quantitative estimate of drug-likeness (QED) is 0.929. The molecule has 1 aliphatic heterocycles. The van der Waals surface area contributed by atoms with E-state index in [-0.39, 0.29) is 36.0 Å². The average Bonchev–Trinajstić information content (AvgIpc) is 3.07. The largest absolute Gasteiger partial charge is 0.342 e. The van der Waals surface area contributed by atoms with E-state index in [1.54, 1.807) is 12.1 Å². The lowest BCUT2D eigenvalue weighted by molar-refractivity contribution is -0.131. The highest BCUT2D eigenvalue weighted by molar-refractivity contribution is 5.85. The molecule has 3 nitrogen and oxygen atoms in total. The van der Waals surface area contributed by atoms with Crippen molar-refractivity contribution in [1.82, 2.24) is 4.90 Å². The Morgan fingerprint density at radius 1 is 1.35 bits per heavy atom. The van der Waals surface area contributed by atoms with Crippen molar-refractivity contribution in [2.24, 2.45) is 17.6 Å². The van der Waals surface area contributed by atoms with Gasteiger partial charge in [0.1, 0.15) is 5.82 Å². The number of halogens is 2. The fourth-order valence-electron chi connectivity index (χ4n) is 3.01. The molecule has 2 fully saturated rings. The lowest BCUT2D eigenvalue weighted by atomic mass is 10.1. The molecule has 3 rings (SSSR count). The summed E-state index contributed by atoms with van der Waals surface area (Å²) in [5.41, 5.74) is 6.73. The zero-order chi connectivity index (χ0) is 13.4. The van der Waals surface area contributed by atoms with E-state index >= 15 is 0 Å². The summed E-state index contributed by atoms with van der Waals surface area (Å²) in [7, 11) is 0. The summed E-state index contributed by atoms with van der Waals surface area (Å²) in [4.78, 5) is 14.3. The fraction of sp³-hybridized carbons (Fsp3) is 0.533. The predicted octanol–water partition coefficient (Wildman–Crippen LogP) is 2.16. The van der Waals surface area contributed by atoms with E-state index < -0.39 is 0 Å². The van der Waals surface area contributed by atoms with Gasteiger partial charge >= 0.3 is 0 Å². The first-order valence-corrected chi connectivity index (χ1v) is 6.93. The van der Waals surface area contributed by atoms with E-state index in [2.05, 4.69) is 0 Å². The minimum absolute atomic E-state index is 0. The van der Waals surface area contributed by atoms with Crippen LogP contribution in [0.5, 0.6) is 0 Å². The molecule has 1 aromatic carbocycles. The molecule has 20 heavy (non-hydrogen) atoms. The van der Waals surface area contributed by atoms with E-state index in [4.69, 9.17) is 5.73 Å². The molecule has 0 bridgehead atoms. The molecular formula is C15H20ClFN2O. The Morgan fingerprint density at radius 2 is 2.05 bits per heavy atom. The highest BCUT2D eigenvalue weighted by Crippen LogP contribution is 2.48. The number of likely N-dealkylation sites (tertiary alicyclic amines) is 1. The van der Waals surface area contributed by atoms with E-state index in [1.165, 1.54) is 12.1 Å². The van der Waals surface area contributed by atoms with Gasteiger partial charge in [0.05, 0.1) is 0 Å². The summed E-state index contributed by atoms with van der Waals surface area (Å²) >= 11 is 0. The molecule has 0 radical (unpaired) electrons. The van der Waals surface area contributed by atoms with Crippen LogP contribution in [0.3, 0.4) is 0 Å². The van der Waals surface area contributed by atoms with Gasteiger partial charge in [0.2, 0.25) is 5.91 Å². The van der Waals surface area contributed by atoms with Crippen LogP contribution in [0.2, 0.25) is 0 Å². The molecule has 3 atom stereocenters. The van der Waals surface area contributed by atoms with Gasteiger partial charge in [-0.05, 0) is 48.9 Å². The molecule has 2 aliphatic rings. The fourth-order valence-corrected chi connectivity index (χ4v) is 3.01. The minimum atomic E-state index is -0.224. The second-order valence-corrected chi connectivity index (χ2v) is 5.67. The molecule has 1 aliphatic carbocycles. The number of carbonyl (C=O) groups is 1. The number of nitrogens with two attached hydrogens (primary N) is 1. The van der Waals surface area contributed by atoms with Crippen molar-refractivity contribution < 1.29 is 9.18 Å². The summed E-state index contributed by atoms with van der Waals surface area (Å²) in [5, 5.41) is 0. The highest BCUT2D eigenvalue weighted by Gasteiger charge is 2.46. The molecule has 3 unspecified atom stereocenters. The Morgan fingerprint density at radius 3 is 2.65 bits per heavy atom. The zero-order valence-corrected chi connectivity index (χ0v) is 12.1. The maximum atomic E-state index is 12.9. The first kappa shape index (κ1) is 15.3. The average molecular weight is 299 g/mol. The van der Waals surface area contributed by atoms with Crippen LogP contribution in [0.15, 0.2) is 24.3 Å². The topological polar surface area (TPSA) is 46.3 Å². The molecule has 1 aromatic rings. The second kappa shape index (κ2) is 6.10. The number of amides is 1. The number of hydrogen-bond donors (Lipinski definition) is 1. The Hall–Kier alpha value is -1.13. The lowest BCUT2D eigenvalue weighted by Gasteiger charge is -2.16. The van der Waals surface area contributed by atoms with Gasteiger partial charge in [-0.2, -0.15) is 0 Å². The molecule has 110 valence electrons. The van der Waals surface area contributed by atoms with Crippen LogP contribution in [-0.4, -0.2) is 30.4 Å². The van der Waals surface area contributed by atoms with Gasteiger partial charge in [-0.25, -0.2) is 4.39 Å². The highest BCUT2D eigenvalue weighted by atomic mass is 35.5. The first-order chi connectivity index (χ1) is 9.19. The Kier molecular flexibility index (Phi) is 4.66. The SMILES string of the molecule is Cl.NCC1CCN(C(=O)C2CC2c2ccc(F)cc2)C1. The van der Waals surface area contributed by atoms with Crippen LogP contribution in [0.4, 0.5) is 4.39 Å². The van der Waals surface area contributed by atoms with Crippen molar-refractivity contribution in [3.05, 3.63) is 35.6 Å². The Labute approximate surface area is 124 Å². The molecule has 1 saturated carbocycles. The van der Waals surface area contributed by atoms with Crippen LogP contribution < -0.4 is 5.73 Å². The van der Waals surface area contributed by atoms with E-state index in [0.717, 1.165) is 31.5 Å². The summed E-state index contributed by atoms with van der Waals surface area (Å²) in [6.07, 6.45) is 1.92. The van der Waals surface area contributed by atoms with Gasteiger partial charge in [0.15, 0.2) is 0 Å². The number of nitrogens with zero attached hydrogens (tertiary/aromatic N) is 1. The summed E-state index contributed by atoms with van der Waals surface area (Å²) in [6.45, 7) is 2.31. The van der Waals surface area contributed by atoms with Crippen molar-refractivity contribution in [3.63, 3.8) is 0 Å². The molecule has 0 aromatic heterocycles. The van der Waals surface area contributed by atoms with Gasteiger partial charge in [-0.3, -0.25) is 4.79 Å². The van der Waals surface area contributed by atoms with Crippen molar-refractivity contribution in [2.75, 3.05) is 19.6 Å². The monoisotopic (exact) mass is 298 g/mol. The van der Waals surface area contributed by atoms with E-state index in [0.29, 0.717) is 12.5 Å². The normalized spacial score (nSPS) is 28.1. The third kappa shape index (κ3) is 2.96. The van der Waals surface area contributed by atoms with Crippen LogP contribution in [-0.2, 0) is 4.79 Å². The number of hydrogen-bond acceptors (Lipinski definition) is 2. The van der Waals surface area contributed by atoms with Crippen molar-refractivity contribution in [3.8, 4) is 0 Å². The Balaban J connectivity index is 0.00000147. The number of carbonyl (C=O) groups excluding carboxylic acids is 1. The van der Waals surface area contributed by atoms with Gasteiger partial charge in [-0.15, -0.1) is 12.4 Å². The van der Waals surface area contributed by atoms with Crippen LogP contribution in [0.1, 0.15) is 24.3 Å². The van der Waals surface area contributed by atoms with Crippen LogP contribution in [0.25, 0.3) is 0 Å². The van der Waals surface area contributed by atoms with E-state index in [1.807, 2.05) is 4.90 Å². The first-order valence-electron chi connectivity index (χ1n) is 6.93. The van der Waals surface area contributed by atoms with Gasteiger partial charge in [-0.1, -0.05) is 12.1 Å².